The Balaban J connectivity index is 1.63. The molecule has 3 heterocycles. The van der Waals surface area contributed by atoms with Gasteiger partial charge in [-0.25, -0.2) is 0 Å². The molecule has 1 fully saturated rings. The number of para-hydroxylation sites is 1. The maximum absolute atomic E-state index is 11.8. The third kappa shape index (κ3) is 2.07. The van der Waals surface area contributed by atoms with Crippen molar-refractivity contribution in [2.75, 3.05) is 13.1 Å². The molecule has 112 valence electrons. The second kappa shape index (κ2) is 4.98. The molecule has 0 aliphatic carbocycles. The molecule has 1 aliphatic rings. The molecule has 1 aliphatic heterocycles. The van der Waals surface area contributed by atoms with Crippen LogP contribution in [-0.4, -0.2) is 34.0 Å². The van der Waals surface area contributed by atoms with E-state index < -0.39 is 0 Å². The second-order valence-electron chi connectivity index (χ2n) is 5.44. The zero-order valence-electron chi connectivity index (χ0n) is 12.2. The number of aromatic nitrogens is 2. The van der Waals surface area contributed by atoms with Gasteiger partial charge in [-0.15, -0.1) is 0 Å². The second-order valence-corrected chi connectivity index (χ2v) is 5.44. The van der Waals surface area contributed by atoms with Crippen LogP contribution in [0.5, 0.6) is 0 Å². The van der Waals surface area contributed by atoms with Gasteiger partial charge in [0.05, 0.1) is 5.92 Å². The Kier molecular flexibility index (Phi) is 2.96. The minimum absolute atomic E-state index is 0.0296. The first-order valence-corrected chi connectivity index (χ1v) is 7.35. The minimum Gasteiger partial charge on any atom is -0.453 e. The molecular formula is C16H15N3O3. The highest BCUT2D eigenvalue weighted by Crippen LogP contribution is 2.30. The third-order valence-corrected chi connectivity index (χ3v) is 4.03. The minimum atomic E-state index is -0.0296. The number of hydrogen-bond donors (Lipinski definition) is 0. The molecule has 0 bridgehead atoms. The van der Waals surface area contributed by atoms with Crippen LogP contribution in [0.2, 0.25) is 0 Å². The Bertz CT molecular complexity index is 803. The van der Waals surface area contributed by atoms with Gasteiger partial charge in [-0.3, -0.25) is 4.79 Å². The lowest BCUT2D eigenvalue weighted by Gasteiger charge is -2.11. The molecule has 0 spiro atoms. The smallest absolute Gasteiger partial charge is 0.238 e. The van der Waals surface area contributed by atoms with Gasteiger partial charge in [-0.05, 0) is 19.1 Å². The van der Waals surface area contributed by atoms with Crippen molar-refractivity contribution in [3.63, 3.8) is 0 Å². The van der Waals surface area contributed by atoms with Crippen LogP contribution in [0.1, 0.15) is 25.2 Å². The van der Waals surface area contributed by atoms with Gasteiger partial charge in [0.2, 0.25) is 17.6 Å². The van der Waals surface area contributed by atoms with Crippen molar-refractivity contribution in [3.8, 4) is 11.6 Å². The topological polar surface area (TPSA) is 72.4 Å². The molecule has 1 amide bonds. The molecule has 0 saturated carbocycles. The number of likely N-dealkylation sites (N-methyl/N-ethyl adjacent to an activating group) is 1. The first-order valence-electron chi connectivity index (χ1n) is 7.35. The zero-order chi connectivity index (χ0) is 15.1. The normalized spacial score (nSPS) is 18.5. The Morgan fingerprint density at radius 3 is 3.00 bits per heavy atom. The molecule has 0 N–H and O–H groups in total. The predicted octanol–water partition coefficient (Wildman–Crippen LogP) is 2.82. The Morgan fingerprint density at radius 1 is 1.36 bits per heavy atom. The van der Waals surface area contributed by atoms with Gasteiger partial charge in [-0.2, -0.15) is 4.98 Å². The quantitative estimate of drug-likeness (QED) is 0.743. The van der Waals surface area contributed by atoms with Gasteiger partial charge in [0, 0.05) is 24.9 Å². The van der Waals surface area contributed by atoms with E-state index in [1.165, 1.54) is 0 Å². The number of rotatable bonds is 3. The lowest BCUT2D eigenvalue weighted by Crippen LogP contribution is -2.24. The fourth-order valence-corrected chi connectivity index (χ4v) is 2.84. The zero-order valence-corrected chi connectivity index (χ0v) is 12.2. The van der Waals surface area contributed by atoms with E-state index in [0.717, 1.165) is 11.0 Å². The first kappa shape index (κ1) is 13.1. The standard InChI is InChI=1S/C16H15N3O3/c1-2-19-9-11(8-14(19)20)16-17-15(18-22-16)13-7-10-5-3-4-6-12(10)21-13/h3-7,11H,2,8-9H2,1H3. The van der Waals surface area contributed by atoms with Crippen molar-refractivity contribution in [2.24, 2.45) is 0 Å². The number of carbonyl (C=O) groups excluding carboxylic acids is 1. The maximum Gasteiger partial charge on any atom is 0.238 e. The van der Waals surface area contributed by atoms with E-state index in [4.69, 9.17) is 8.94 Å². The van der Waals surface area contributed by atoms with E-state index >= 15 is 0 Å². The lowest BCUT2D eigenvalue weighted by molar-refractivity contribution is -0.127. The molecule has 2 aromatic heterocycles. The van der Waals surface area contributed by atoms with Gasteiger partial charge in [0.25, 0.3) is 0 Å². The summed E-state index contributed by atoms with van der Waals surface area (Å²) in [6.45, 7) is 3.31. The summed E-state index contributed by atoms with van der Waals surface area (Å²) in [6.07, 6.45) is 0.426. The highest BCUT2D eigenvalue weighted by molar-refractivity contribution is 5.81. The Morgan fingerprint density at radius 2 is 2.23 bits per heavy atom. The van der Waals surface area contributed by atoms with Crippen LogP contribution in [0.15, 0.2) is 39.3 Å². The fourth-order valence-electron chi connectivity index (χ4n) is 2.84. The van der Waals surface area contributed by atoms with E-state index in [1.54, 1.807) is 4.90 Å². The van der Waals surface area contributed by atoms with Crippen molar-refractivity contribution in [1.29, 1.82) is 0 Å². The highest BCUT2D eigenvalue weighted by atomic mass is 16.5. The van der Waals surface area contributed by atoms with Crippen LogP contribution >= 0.6 is 0 Å². The number of furan rings is 1. The van der Waals surface area contributed by atoms with Crippen LogP contribution in [0.25, 0.3) is 22.6 Å². The maximum atomic E-state index is 11.8. The summed E-state index contributed by atoms with van der Waals surface area (Å²) >= 11 is 0. The van der Waals surface area contributed by atoms with E-state index in [2.05, 4.69) is 10.1 Å². The summed E-state index contributed by atoms with van der Waals surface area (Å²) < 4.78 is 11.1. The number of amides is 1. The molecule has 1 unspecified atom stereocenters. The van der Waals surface area contributed by atoms with Crippen LogP contribution in [0.3, 0.4) is 0 Å². The molecule has 1 saturated heterocycles. The average Bonchev–Trinajstić information content (AvgIpc) is 3.23. The number of carbonyl (C=O) groups is 1. The van der Waals surface area contributed by atoms with Gasteiger partial charge < -0.3 is 13.8 Å². The van der Waals surface area contributed by atoms with Crippen LogP contribution in [0.4, 0.5) is 0 Å². The molecule has 1 atom stereocenters. The van der Waals surface area contributed by atoms with Crippen LogP contribution < -0.4 is 0 Å². The number of benzene rings is 1. The van der Waals surface area contributed by atoms with Gasteiger partial charge in [0.15, 0.2) is 5.76 Å². The van der Waals surface area contributed by atoms with Crippen molar-refractivity contribution in [3.05, 3.63) is 36.2 Å². The summed E-state index contributed by atoms with van der Waals surface area (Å²) in [5, 5.41) is 4.99. The predicted molar refractivity (Wildman–Crippen MR) is 79.1 cm³/mol. The monoisotopic (exact) mass is 297 g/mol. The molecule has 1 aromatic carbocycles. The fraction of sp³-hybridized carbons (Fsp3) is 0.312. The molecule has 22 heavy (non-hydrogen) atoms. The van der Waals surface area contributed by atoms with E-state index in [9.17, 15) is 4.79 Å². The molecule has 4 rings (SSSR count). The van der Waals surface area contributed by atoms with Crippen molar-refractivity contribution >= 4 is 16.9 Å². The number of nitrogens with zero attached hydrogens (tertiary/aromatic N) is 3. The van der Waals surface area contributed by atoms with Crippen molar-refractivity contribution in [1.82, 2.24) is 15.0 Å². The van der Waals surface area contributed by atoms with Gasteiger partial charge in [0.1, 0.15) is 5.58 Å². The van der Waals surface area contributed by atoms with Crippen molar-refractivity contribution < 1.29 is 13.7 Å². The van der Waals surface area contributed by atoms with Crippen LogP contribution in [0, 0.1) is 0 Å². The average molecular weight is 297 g/mol. The summed E-state index contributed by atoms with van der Waals surface area (Å²) in [6, 6.07) is 9.63. The SMILES string of the molecule is CCN1CC(c2nc(-c3cc4ccccc4o3)no2)CC1=O. The molecule has 0 radical (unpaired) electrons. The molecule has 6 heteroatoms. The largest absolute Gasteiger partial charge is 0.453 e. The summed E-state index contributed by atoms with van der Waals surface area (Å²) in [7, 11) is 0. The lowest BCUT2D eigenvalue weighted by atomic mass is 10.1. The first-order chi connectivity index (χ1) is 10.7. The van der Waals surface area contributed by atoms with Gasteiger partial charge >= 0.3 is 0 Å². The van der Waals surface area contributed by atoms with Gasteiger partial charge in [-0.1, -0.05) is 23.4 Å². The highest BCUT2D eigenvalue weighted by Gasteiger charge is 2.33. The van der Waals surface area contributed by atoms with E-state index in [0.29, 0.717) is 37.0 Å². The van der Waals surface area contributed by atoms with Crippen LogP contribution in [-0.2, 0) is 4.79 Å². The molecule has 3 aromatic rings. The van der Waals surface area contributed by atoms with E-state index in [-0.39, 0.29) is 11.8 Å². The van der Waals surface area contributed by atoms with E-state index in [1.807, 2.05) is 37.3 Å². The summed E-state index contributed by atoms with van der Waals surface area (Å²) in [4.78, 5) is 18.0. The number of fused-ring (bicyclic) bond motifs is 1. The third-order valence-electron chi connectivity index (χ3n) is 4.03. The Labute approximate surface area is 126 Å². The van der Waals surface area contributed by atoms with Crippen molar-refractivity contribution in [2.45, 2.75) is 19.3 Å². The summed E-state index contributed by atoms with van der Waals surface area (Å²) in [5.41, 5.74) is 0.789. The number of likely N-dealkylation sites (tertiary alicyclic amines) is 1. The number of hydrogen-bond acceptors (Lipinski definition) is 5. The summed E-state index contributed by atoms with van der Waals surface area (Å²) in [5.74, 6) is 1.61. The molecule has 6 nitrogen and oxygen atoms in total. The Hall–Kier alpha value is -2.63. The molecular weight excluding hydrogens is 282 g/mol.